The van der Waals surface area contributed by atoms with Crippen LogP contribution in [0.4, 0.5) is 0 Å². The molecule has 0 aliphatic rings. The minimum atomic E-state index is -0.260. The van der Waals surface area contributed by atoms with Gasteiger partial charge in [0, 0.05) is 18.7 Å². The van der Waals surface area contributed by atoms with Crippen molar-refractivity contribution in [3.05, 3.63) is 29.0 Å². The number of hydrogen-bond donors (Lipinski definition) is 2. The van der Waals surface area contributed by atoms with E-state index in [4.69, 9.17) is 16.3 Å². The second-order valence-electron chi connectivity index (χ2n) is 4.66. The Morgan fingerprint density at radius 3 is 2.78 bits per heavy atom. The summed E-state index contributed by atoms with van der Waals surface area (Å²) < 4.78 is 6.67. The lowest BCUT2D eigenvalue weighted by atomic mass is 10.1. The molecule has 126 valence electrons. The van der Waals surface area contributed by atoms with E-state index in [1.54, 1.807) is 6.07 Å². The Morgan fingerprint density at radius 2 is 2.22 bits per heavy atom. The van der Waals surface area contributed by atoms with Gasteiger partial charge in [0.05, 0.1) is 23.4 Å². The summed E-state index contributed by atoms with van der Waals surface area (Å²) in [5.74, 6) is 0.133. The zero-order valence-corrected chi connectivity index (χ0v) is 14.5. The lowest BCUT2D eigenvalue weighted by molar-refractivity contribution is 0.0947. The summed E-state index contributed by atoms with van der Waals surface area (Å²) in [6, 6.07) is 3.32. The molecular weight excluding hydrogens is 343 g/mol. The zero-order valence-electron chi connectivity index (χ0n) is 12.9. The number of carbonyl (C=O) groups excluding carboxylic acids is 1. The molecule has 2 N–H and O–H groups in total. The van der Waals surface area contributed by atoms with Gasteiger partial charge in [-0.05, 0) is 30.5 Å². The van der Waals surface area contributed by atoms with Gasteiger partial charge >= 0.3 is 0 Å². The van der Waals surface area contributed by atoms with Gasteiger partial charge in [-0.3, -0.25) is 4.79 Å². The second kappa shape index (κ2) is 8.66. The number of halogens is 2. The molecule has 8 nitrogen and oxygen atoms in total. The highest BCUT2D eigenvalue weighted by Crippen LogP contribution is 2.29. The molecule has 1 aromatic heterocycles. The van der Waals surface area contributed by atoms with Crippen LogP contribution in [0.15, 0.2) is 18.5 Å². The van der Waals surface area contributed by atoms with E-state index >= 15 is 0 Å². The molecule has 0 fully saturated rings. The highest BCUT2D eigenvalue weighted by atomic mass is 35.5. The summed E-state index contributed by atoms with van der Waals surface area (Å²) in [6.45, 7) is 2.45. The Morgan fingerprint density at radius 1 is 1.48 bits per heavy atom. The number of ether oxygens (including phenoxy) is 1. The number of nitrogens with one attached hydrogen (secondary N) is 2. The molecule has 0 saturated heterocycles. The van der Waals surface area contributed by atoms with Gasteiger partial charge < -0.3 is 15.4 Å². The summed E-state index contributed by atoms with van der Waals surface area (Å²) >= 11 is 6.22. The topological polar surface area (TPSA) is 94.0 Å². The lowest BCUT2D eigenvalue weighted by Gasteiger charge is -2.14. The van der Waals surface area contributed by atoms with Crippen LogP contribution in [0, 0.1) is 0 Å². The monoisotopic (exact) mass is 360 g/mol. The van der Waals surface area contributed by atoms with Gasteiger partial charge in [0.15, 0.2) is 0 Å². The smallest absolute Gasteiger partial charge is 0.255 e. The number of aromatic nitrogens is 4. The number of carbonyl (C=O) groups is 1. The SMILES string of the molecule is CNC(C)CNC(=O)c1cc(Cl)c(-n2cnnn2)cc1OC.Cl. The van der Waals surface area contributed by atoms with Gasteiger partial charge in [0.1, 0.15) is 12.1 Å². The molecule has 1 atom stereocenters. The van der Waals surface area contributed by atoms with E-state index in [-0.39, 0.29) is 24.4 Å². The summed E-state index contributed by atoms with van der Waals surface area (Å²) in [5, 5.41) is 17.1. The molecule has 1 aromatic carbocycles. The molecule has 0 radical (unpaired) electrons. The van der Waals surface area contributed by atoms with Crippen molar-refractivity contribution in [1.29, 1.82) is 0 Å². The van der Waals surface area contributed by atoms with Gasteiger partial charge in [0.25, 0.3) is 5.91 Å². The number of methoxy groups -OCH3 is 1. The first kappa shape index (κ1) is 19.1. The van der Waals surface area contributed by atoms with Crippen LogP contribution in [0.2, 0.25) is 5.02 Å². The van der Waals surface area contributed by atoms with Crippen LogP contribution < -0.4 is 15.4 Å². The van der Waals surface area contributed by atoms with Gasteiger partial charge in [-0.1, -0.05) is 11.6 Å². The van der Waals surface area contributed by atoms with Crippen molar-refractivity contribution in [1.82, 2.24) is 30.8 Å². The summed E-state index contributed by atoms with van der Waals surface area (Å²) in [4.78, 5) is 12.3. The van der Waals surface area contributed by atoms with E-state index < -0.39 is 0 Å². The molecule has 0 bridgehead atoms. The molecule has 1 heterocycles. The molecule has 1 amide bonds. The Balaban J connectivity index is 0.00000264. The largest absolute Gasteiger partial charge is 0.496 e. The molecule has 0 saturated carbocycles. The summed E-state index contributed by atoms with van der Waals surface area (Å²) in [5.41, 5.74) is 0.885. The van der Waals surface area contributed by atoms with Crippen LogP contribution >= 0.6 is 24.0 Å². The van der Waals surface area contributed by atoms with E-state index in [0.717, 1.165) is 0 Å². The zero-order chi connectivity index (χ0) is 16.1. The summed E-state index contributed by atoms with van der Waals surface area (Å²) in [6.07, 6.45) is 1.41. The second-order valence-corrected chi connectivity index (χ2v) is 5.07. The number of nitrogens with zero attached hydrogens (tertiary/aromatic N) is 4. The van der Waals surface area contributed by atoms with Crippen LogP contribution in [-0.4, -0.2) is 52.9 Å². The van der Waals surface area contributed by atoms with Crippen LogP contribution in [0.25, 0.3) is 5.69 Å². The predicted molar refractivity (Wildman–Crippen MR) is 88.8 cm³/mol. The van der Waals surface area contributed by atoms with E-state index in [9.17, 15) is 4.79 Å². The van der Waals surface area contributed by atoms with Gasteiger partial charge in [0.2, 0.25) is 0 Å². The Bertz CT molecular complexity index is 650. The quantitative estimate of drug-likeness (QED) is 0.800. The van der Waals surface area contributed by atoms with Crippen molar-refractivity contribution in [2.24, 2.45) is 0 Å². The van der Waals surface area contributed by atoms with Crippen molar-refractivity contribution in [2.75, 3.05) is 20.7 Å². The highest BCUT2D eigenvalue weighted by Gasteiger charge is 2.17. The average molecular weight is 361 g/mol. The molecule has 2 rings (SSSR count). The molecule has 0 spiro atoms. The van der Waals surface area contributed by atoms with Gasteiger partial charge in [-0.25, -0.2) is 0 Å². The Labute approximate surface area is 144 Å². The molecule has 10 heteroatoms. The molecule has 0 aliphatic carbocycles. The molecule has 1 unspecified atom stereocenters. The van der Waals surface area contributed by atoms with E-state index in [1.807, 2.05) is 14.0 Å². The van der Waals surface area contributed by atoms with Crippen LogP contribution in [0.1, 0.15) is 17.3 Å². The van der Waals surface area contributed by atoms with E-state index in [0.29, 0.717) is 28.6 Å². The minimum absolute atomic E-state index is 0. The fourth-order valence-corrected chi connectivity index (χ4v) is 2.03. The predicted octanol–water partition coefficient (Wildman–Crippen LogP) is 1.08. The third-order valence-corrected chi connectivity index (χ3v) is 3.47. The lowest BCUT2D eigenvalue weighted by Crippen LogP contribution is -2.37. The fraction of sp³-hybridized carbons (Fsp3) is 0.385. The van der Waals surface area contributed by atoms with E-state index in [1.165, 1.54) is 24.2 Å². The molecule has 2 aromatic rings. The van der Waals surface area contributed by atoms with Crippen molar-refractivity contribution in [3.8, 4) is 11.4 Å². The average Bonchev–Trinajstić information content (AvgIpc) is 3.06. The first-order valence-corrected chi connectivity index (χ1v) is 7.01. The van der Waals surface area contributed by atoms with Crippen molar-refractivity contribution < 1.29 is 9.53 Å². The van der Waals surface area contributed by atoms with Crippen LogP contribution in [0.3, 0.4) is 0 Å². The Kier molecular flexibility index (Phi) is 7.21. The molecule has 23 heavy (non-hydrogen) atoms. The van der Waals surface area contributed by atoms with E-state index in [2.05, 4.69) is 26.2 Å². The maximum atomic E-state index is 12.3. The van der Waals surface area contributed by atoms with Gasteiger partial charge in [-0.2, -0.15) is 4.68 Å². The normalized spacial score (nSPS) is 11.5. The maximum Gasteiger partial charge on any atom is 0.255 e. The standard InChI is InChI=1S/C13H17ClN6O2.ClH/c1-8(15-2)6-16-13(21)9-4-10(14)11(5-12(9)22-3)20-7-17-18-19-20;/h4-5,7-8,15H,6H2,1-3H3,(H,16,21);1H. The number of hydrogen-bond acceptors (Lipinski definition) is 6. The minimum Gasteiger partial charge on any atom is -0.496 e. The third-order valence-electron chi connectivity index (χ3n) is 3.17. The van der Waals surface area contributed by atoms with Crippen LogP contribution in [0.5, 0.6) is 5.75 Å². The number of tetrazole rings is 1. The first-order chi connectivity index (χ1) is 10.6. The van der Waals surface area contributed by atoms with Gasteiger partial charge in [-0.15, -0.1) is 17.5 Å². The molecular formula is C13H18Cl2N6O2. The number of benzene rings is 1. The highest BCUT2D eigenvalue weighted by molar-refractivity contribution is 6.33. The first-order valence-electron chi connectivity index (χ1n) is 6.63. The Hall–Kier alpha value is -1.90. The number of rotatable bonds is 6. The van der Waals surface area contributed by atoms with Crippen molar-refractivity contribution in [2.45, 2.75) is 13.0 Å². The fourth-order valence-electron chi connectivity index (χ4n) is 1.78. The maximum absolute atomic E-state index is 12.3. The number of amides is 1. The van der Waals surface area contributed by atoms with Crippen molar-refractivity contribution in [3.63, 3.8) is 0 Å². The molecule has 0 aliphatic heterocycles. The third kappa shape index (κ3) is 4.54. The summed E-state index contributed by atoms with van der Waals surface area (Å²) in [7, 11) is 3.31. The van der Waals surface area contributed by atoms with Crippen molar-refractivity contribution >= 4 is 29.9 Å². The number of likely N-dealkylation sites (N-methyl/N-ethyl adjacent to an activating group) is 1. The van der Waals surface area contributed by atoms with Crippen LogP contribution in [-0.2, 0) is 0 Å².